The number of aliphatic hydroxyl groups is 1. The number of pyridine rings is 1. The second-order valence-corrected chi connectivity index (χ2v) is 5.17. The molecule has 0 bridgehead atoms. The molecule has 1 aromatic heterocycles. The van der Waals surface area contributed by atoms with Gasteiger partial charge in [-0.15, -0.1) is 0 Å². The molecule has 2 rings (SSSR count). The highest BCUT2D eigenvalue weighted by Crippen LogP contribution is 2.20. The van der Waals surface area contributed by atoms with Crippen molar-refractivity contribution < 1.29 is 14.3 Å². The van der Waals surface area contributed by atoms with Gasteiger partial charge in [-0.2, -0.15) is 0 Å². The average Bonchev–Trinajstić information content (AvgIpc) is 2.48. The number of benzene rings is 1. The molecule has 0 aliphatic rings. The SMILES string of the molecule is O=C(Nc1ccnc(Cl)c1)NC(CO)c1ccc(Cl)c(F)c1. The average molecular weight is 344 g/mol. The molecule has 3 N–H and O–H groups in total. The van der Waals surface area contributed by atoms with Gasteiger partial charge in [0.15, 0.2) is 0 Å². The lowest BCUT2D eigenvalue weighted by molar-refractivity contribution is 0.225. The number of nitrogens with zero attached hydrogens (tertiary/aromatic N) is 1. The summed E-state index contributed by atoms with van der Waals surface area (Å²) in [6.45, 7) is -0.397. The van der Waals surface area contributed by atoms with E-state index in [4.69, 9.17) is 23.2 Å². The van der Waals surface area contributed by atoms with E-state index in [0.29, 0.717) is 11.3 Å². The maximum atomic E-state index is 13.4. The maximum absolute atomic E-state index is 13.4. The van der Waals surface area contributed by atoms with Crippen molar-refractivity contribution in [2.45, 2.75) is 6.04 Å². The van der Waals surface area contributed by atoms with Crippen molar-refractivity contribution in [3.05, 3.63) is 58.1 Å². The molecular formula is C14H12Cl2FN3O2. The van der Waals surface area contributed by atoms with Gasteiger partial charge in [0.25, 0.3) is 0 Å². The zero-order chi connectivity index (χ0) is 16.1. The molecule has 0 aliphatic carbocycles. The van der Waals surface area contributed by atoms with Gasteiger partial charge >= 0.3 is 6.03 Å². The van der Waals surface area contributed by atoms with Crippen LogP contribution in [0.2, 0.25) is 10.2 Å². The van der Waals surface area contributed by atoms with E-state index < -0.39 is 24.5 Å². The molecule has 1 heterocycles. The van der Waals surface area contributed by atoms with Crippen molar-refractivity contribution in [2.75, 3.05) is 11.9 Å². The molecule has 2 amide bonds. The number of nitrogens with one attached hydrogen (secondary N) is 2. The van der Waals surface area contributed by atoms with Gasteiger partial charge in [0, 0.05) is 11.9 Å². The van der Waals surface area contributed by atoms with E-state index in [0.717, 1.165) is 6.07 Å². The predicted molar refractivity (Wildman–Crippen MR) is 82.6 cm³/mol. The minimum Gasteiger partial charge on any atom is -0.394 e. The minimum absolute atomic E-state index is 0.0312. The van der Waals surface area contributed by atoms with E-state index in [1.54, 1.807) is 6.07 Å². The number of halogens is 3. The Morgan fingerprint density at radius 2 is 2.09 bits per heavy atom. The van der Waals surface area contributed by atoms with Crippen molar-refractivity contribution in [3.8, 4) is 0 Å². The zero-order valence-electron chi connectivity index (χ0n) is 11.2. The predicted octanol–water partition coefficient (Wildman–Crippen LogP) is 3.38. The van der Waals surface area contributed by atoms with E-state index in [1.165, 1.54) is 24.4 Å². The summed E-state index contributed by atoms with van der Waals surface area (Å²) in [6.07, 6.45) is 1.44. The largest absolute Gasteiger partial charge is 0.394 e. The number of rotatable bonds is 4. The van der Waals surface area contributed by atoms with Crippen molar-refractivity contribution in [3.63, 3.8) is 0 Å². The lowest BCUT2D eigenvalue weighted by Gasteiger charge is -2.17. The quantitative estimate of drug-likeness (QED) is 0.745. The van der Waals surface area contributed by atoms with Crippen LogP contribution in [0.3, 0.4) is 0 Å². The summed E-state index contributed by atoms with van der Waals surface area (Å²) in [5.41, 5.74) is 0.837. The minimum atomic E-state index is -0.774. The highest BCUT2D eigenvalue weighted by Gasteiger charge is 2.15. The molecule has 0 saturated carbocycles. The Morgan fingerprint density at radius 3 is 2.73 bits per heavy atom. The smallest absolute Gasteiger partial charge is 0.319 e. The first kappa shape index (κ1) is 16.5. The van der Waals surface area contributed by atoms with Crippen molar-refractivity contribution >= 4 is 34.9 Å². The Bertz CT molecular complexity index is 685. The molecule has 1 unspecified atom stereocenters. The fraction of sp³-hybridized carbons (Fsp3) is 0.143. The molecule has 116 valence electrons. The highest BCUT2D eigenvalue weighted by molar-refractivity contribution is 6.30. The van der Waals surface area contributed by atoms with Crippen LogP contribution in [-0.4, -0.2) is 22.7 Å². The van der Waals surface area contributed by atoms with E-state index in [1.807, 2.05) is 0 Å². The fourth-order valence-corrected chi connectivity index (χ4v) is 2.06. The summed E-state index contributed by atoms with van der Waals surface area (Å²) in [4.78, 5) is 15.7. The van der Waals surface area contributed by atoms with Crippen LogP contribution in [0.1, 0.15) is 11.6 Å². The fourth-order valence-electron chi connectivity index (χ4n) is 1.77. The second-order valence-electron chi connectivity index (χ2n) is 4.37. The van der Waals surface area contributed by atoms with Gasteiger partial charge in [0.1, 0.15) is 11.0 Å². The molecule has 8 heteroatoms. The Morgan fingerprint density at radius 1 is 1.32 bits per heavy atom. The number of hydrogen-bond acceptors (Lipinski definition) is 3. The molecule has 1 aromatic carbocycles. The zero-order valence-corrected chi connectivity index (χ0v) is 12.7. The number of anilines is 1. The molecular weight excluding hydrogens is 332 g/mol. The van der Waals surface area contributed by atoms with E-state index in [9.17, 15) is 14.3 Å². The monoisotopic (exact) mass is 343 g/mol. The summed E-state index contributed by atoms with van der Waals surface area (Å²) >= 11 is 11.3. The van der Waals surface area contributed by atoms with Crippen LogP contribution in [0.5, 0.6) is 0 Å². The Balaban J connectivity index is 2.06. The standard InChI is InChI=1S/C14H12Cl2FN3O2/c15-10-2-1-8(5-11(10)17)12(7-21)20-14(22)19-9-3-4-18-13(16)6-9/h1-6,12,21H,7H2,(H2,18,19,20,22). The van der Waals surface area contributed by atoms with Gasteiger partial charge in [-0.3, -0.25) is 0 Å². The van der Waals surface area contributed by atoms with Gasteiger partial charge in [-0.05, 0) is 29.8 Å². The second kappa shape index (κ2) is 7.40. The molecule has 5 nitrogen and oxygen atoms in total. The molecule has 2 aromatic rings. The number of amides is 2. The van der Waals surface area contributed by atoms with Crippen molar-refractivity contribution in [2.24, 2.45) is 0 Å². The third-order valence-corrected chi connectivity index (χ3v) is 3.33. The lowest BCUT2D eigenvalue weighted by atomic mass is 10.1. The number of urea groups is 1. The van der Waals surface area contributed by atoms with Crippen LogP contribution in [0.4, 0.5) is 14.9 Å². The van der Waals surface area contributed by atoms with Crippen LogP contribution in [0, 0.1) is 5.82 Å². The van der Waals surface area contributed by atoms with Crippen LogP contribution in [0.25, 0.3) is 0 Å². The summed E-state index contributed by atoms with van der Waals surface area (Å²) < 4.78 is 13.4. The summed E-state index contributed by atoms with van der Waals surface area (Å²) in [7, 11) is 0. The third-order valence-electron chi connectivity index (χ3n) is 2.82. The molecule has 0 fully saturated rings. The van der Waals surface area contributed by atoms with Gasteiger partial charge in [0.2, 0.25) is 0 Å². The van der Waals surface area contributed by atoms with E-state index in [-0.39, 0.29) is 10.2 Å². The number of carbonyl (C=O) groups excluding carboxylic acids is 1. The van der Waals surface area contributed by atoms with Crippen LogP contribution >= 0.6 is 23.2 Å². The lowest BCUT2D eigenvalue weighted by Crippen LogP contribution is -2.34. The Labute approximate surface area is 136 Å². The van der Waals surface area contributed by atoms with Crippen molar-refractivity contribution in [1.29, 1.82) is 0 Å². The van der Waals surface area contributed by atoms with E-state index in [2.05, 4.69) is 15.6 Å². The summed E-state index contributed by atoms with van der Waals surface area (Å²) in [6, 6.07) is 5.72. The highest BCUT2D eigenvalue weighted by atomic mass is 35.5. The number of carbonyl (C=O) groups is 1. The first-order valence-electron chi connectivity index (χ1n) is 6.24. The Hall–Kier alpha value is -1.89. The van der Waals surface area contributed by atoms with E-state index >= 15 is 0 Å². The van der Waals surface area contributed by atoms with Crippen LogP contribution < -0.4 is 10.6 Å². The first-order valence-corrected chi connectivity index (χ1v) is 7.00. The van der Waals surface area contributed by atoms with Gasteiger partial charge in [-0.1, -0.05) is 29.3 Å². The molecule has 0 spiro atoms. The first-order chi connectivity index (χ1) is 10.5. The number of hydrogen-bond donors (Lipinski definition) is 3. The Kier molecular flexibility index (Phi) is 5.54. The molecule has 0 radical (unpaired) electrons. The van der Waals surface area contributed by atoms with Crippen LogP contribution in [0.15, 0.2) is 36.5 Å². The molecule has 22 heavy (non-hydrogen) atoms. The normalized spacial score (nSPS) is 11.8. The summed E-state index contributed by atoms with van der Waals surface area (Å²) in [5, 5.41) is 14.6. The van der Waals surface area contributed by atoms with Gasteiger partial charge < -0.3 is 15.7 Å². The van der Waals surface area contributed by atoms with Crippen molar-refractivity contribution in [1.82, 2.24) is 10.3 Å². The molecule has 0 aliphatic heterocycles. The maximum Gasteiger partial charge on any atom is 0.319 e. The van der Waals surface area contributed by atoms with Crippen LogP contribution in [-0.2, 0) is 0 Å². The van der Waals surface area contributed by atoms with Gasteiger partial charge in [0.05, 0.1) is 17.7 Å². The molecule has 1 atom stereocenters. The molecule has 0 saturated heterocycles. The number of aromatic nitrogens is 1. The summed E-state index contributed by atoms with van der Waals surface area (Å²) in [5.74, 6) is -0.624. The number of aliphatic hydroxyl groups excluding tert-OH is 1. The topological polar surface area (TPSA) is 74.2 Å². The third kappa shape index (κ3) is 4.30. The van der Waals surface area contributed by atoms with Gasteiger partial charge in [-0.25, -0.2) is 14.2 Å².